The Labute approximate surface area is 106 Å². The van der Waals surface area contributed by atoms with E-state index in [2.05, 4.69) is 34.6 Å². The predicted octanol–water partition coefficient (Wildman–Crippen LogP) is 2.08. The van der Waals surface area contributed by atoms with Crippen LogP contribution < -0.4 is 5.32 Å². The number of aryl methyl sites for hydroxylation is 1. The molecule has 0 unspecified atom stereocenters. The highest BCUT2D eigenvalue weighted by atomic mass is 32.1. The molecule has 0 atom stereocenters. The maximum Gasteiger partial charge on any atom is 0.126 e. The monoisotopic (exact) mass is 250 g/mol. The van der Waals surface area contributed by atoms with Crippen LogP contribution in [0.15, 0.2) is 17.8 Å². The lowest BCUT2D eigenvalue weighted by molar-refractivity contribution is 0.588. The molecule has 0 radical (unpaired) electrons. The van der Waals surface area contributed by atoms with Crippen LogP contribution in [0.4, 0.5) is 0 Å². The van der Waals surface area contributed by atoms with Crippen LogP contribution in [0.2, 0.25) is 0 Å². The zero-order valence-corrected chi connectivity index (χ0v) is 11.3. The molecule has 0 spiro atoms. The highest BCUT2D eigenvalue weighted by Gasteiger charge is 2.06. The molecule has 2 aromatic heterocycles. The fourth-order valence-electron chi connectivity index (χ4n) is 1.57. The van der Waals surface area contributed by atoms with Crippen LogP contribution in [0.3, 0.4) is 0 Å². The van der Waals surface area contributed by atoms with Gasteiger partial charge in [-0.1, -0.05) is 13.8 Å². The van der Waals surface area contributed by atoms with Crippen molar-refractivity contribution in [3.05, 3.63) is 23.5 Å². The zero-order chi connectivity index (χ0) is 12.3. The van der Waals surface area contributed by atoms with Crippen LogP contribution in [-0.2, 0) is 13.5 Å². The molecule has 2 aromatic rings. The van der Waals surface area contributed by atoms with Crippen molar-refractivity contribution in [1.29, 1.82) is 0 Å². The van der Waals surface area contributed by atoms with Crippen LogP contribution in [0, 0.1) is 0 Å². The molecule has 0 amide bonds. The van der Waals surface area contributed by atoms with E-state index in [9.17, 15) is 0 Å². The number of nitrogens with zero attached hydrogens (tertiary/aromatic N) is 3. The predicted molar refractivity (Wildman–Crippen MR) is 71.2 cm³/mol. The maximum absolute atomic E-state index is 4.62. The molecule has 0 saturated carbocycles. The average Bonchev–Trinajstić information content (AvgIpc) is 2.86. The molecule has 0 saturated heterocycles. The van der Waals surface area contributed by atoms with Crippen molar-refractivity contribution >= 4 is 11.3 Å². The van der Waals surface area contributed by atoms with Crippen LogP contribution >= 0.6 is 11.3 Å². The topological polar surface area (TPSA) is 42.7 Å². The Morgan fingerprint density at radius 3 is 2.94 bits per heavy atom. The Hall–Kier alpha value is -1.20. The number of hydrogen-bond donors (Lipinski definition) is 1. The second kappa shape index (κ2) is 5.42. The Kier molecular flexibility index (Phi) is 3.91. The Bertz CT molecular complexity index is 472. The summed E-state index contributed by atoms with van der Waals surface area (Å²) in [5.74, 6) is 0. The van der Waals surface area contributed by atoms with E-state index in [1.807, 2.05) is 19.4 Å². The SMILES string of the molecule is CC(C)NCCc1csc(-c2cnn(C)c2)n1. The molecular weight excluding hydrogens is 232 g/mol. The van der Waals surface area contributed by atoms with Crippen LogP contribution in [0.25, 0.3) is 10.6 Å². The molecule has 0 aliphatic rings. The summed E-state index contributed by atoms with van der Waals surface area (Å²) < 4.78 is 1.80. The summed E-state index contributed by atoms with van der Waals surface area (Å²) in [6.07, 6.45) is 4.83. The fraction of sp³-hybridized carbons (Fsp3) is 0.500. The lowest BCUT2D eigenvalue weighted by atomic mass is 10.3. The van der Waals surface area contributed by atoms with Crippen molar-refractivity contribution in [2.75, 3.05) is 6.54 Å². The summed E-state index contributed by atoms with van der Waals surface area (Å²) in [5, 5.41) is 10.7. The smallest absolute Gasteiger partial charge is 0.126 e. The minimum Gasteiger partial charge on any atom is -0.314 e. The number of aromatic nitrogens is 3. The third-order valence-electron chi connectivity index (χ3n) is 2.44. The Morgan fingerprint density at radius 1 is 1.47 bits per heavy atom. The number of thiazole rings is 1. The first-order chi connectivity index (χ1) is 8.15. The quantitative estimate of drug-likeness (QED) is 0.883. The van der Waals surface area contributed by atoms with Crippen molar-refractivity contribution in [3.63, 3.8) is 0 Å². The van der Waals surface area contributed by atoms with Crippen molar-refractivity contribution in [3.8, 4) is 10.6 Å². The van der Waals surface area contributed by atoms with Gasteiger partial charge in [0.25, 0.3) is 0 Å². The molecule has 17 heavy (non-hydrogen) atoms. The van der Waals surface area contributed by atoms with E-state index < -0.39 is 0 Å². The maximum atomic E-state index is 4.62. The zero-order valence-electron chi connectivity index (χ0n) is 10.5. The van der Waals surface area contributed by atoms with Gasteiger partial charge in [0.1, 0.15) is 5.01 Å². The molecule has 2 heterocycles. The molecular formula is C12H18N4S. The second-order valence-electron chi connectivity index (χ2n) is 4.41. The summed E-state index contributed by atoms with van der Waals surface area (Å²) in [6, 6.07) is 0.534. The van der Waals surface area contributed by atoms with Crippen molar-refractivity contribution < 1.29 is 0 Å². The van der Waals surface area contributed by atoms with E-state index in [4.69, 9.17) is 0 Å². The minimum atomic E-state index is 0.534. The number of rotatable bonds is 5. The van der Waals surface area contributed by atoms with Crippen LogP contribution in [0.1, 0.15) is 19.5 Å². The van der Waals surface area contributed by atoms with E-state index in [1.165, 1.54) is 0 Å². The first-order valence-electron chi connectivity index (χ1n) is 5.82. The Balaban J connectivity index is 1.96. The highest BCUT2D eigenvalue weighted by molar-refractivity contribution is 7.13. The van der Waals surface area contributed by atoms with Crippen molar-refractivity contribution in [2.24, 2.45) is 7.05 Å². The third kappa shape index (κ3) is 3.38. The molecule has 0 aromatic carbocycles. The van der Waals surface area contributed by atoms with Crippen LogP contribution in [0.5, 0.6) is 0 Å². The van der Waals surface area contributed by atoms with Gasteiger partial charge in [-0.25, -0.2) is 4.98 Å². The van der Waals surface area contributed by atoms with E-state index >= 15 is 0 Å². The normalized spacial score (nSPS) is 11.3. The van der Waals surface area contributed by atoms with E-state index in [0.717, 1.165) is 29.2 Å². The first-order valence-corrected chi connectivity index (χ1v) is 6.70. The molecule has 4 nitrogen and oxygen atoms in total. The molecule has 92 valence electrons. The number of hydrogen-bond acceptors (Lipinski definition) is 4. The van der Waals surface area contributed by atoms with Gasteiger partial charge in [0.15, 0.2) is 0 Å². The fourth-order valence-corrected chi connectivity index (χ4v) is 2.40. The van der Waals surface area contributed by atoms with E-state index in [1.54, 1.807) is 16.0 Å². The van der Waals surface area contributed by atoms with Gasteiger partial charge in [0.05, 0.1) is 11.9 Å². The molecule has 1 N–H and O–H groups in total. The van der Waals surface area contributed by atoms with Gasteiger partial charge in [-0.2, -0.15) is 5.10 Å². The molecule has 2 rings (SSSR count). The summed E-state index contributed by atoms with van der Waals surface area (Å²) >= 11 is 1.68. The third-order valence-corrected chi connectivity index (χ3v) is 3.38. The molecule has 0 aliphatic heterocycles. The lowest BCUT2D eigenvalue weighted by Gasteiger charge is -2.05. The number of nitrogens with one attached hydrogen (secondary N) is 1. The van der Waals surface area contributed by atoms with Gasteiger partial charge >= 0.3 is 0 Å². The summed E-state index contributed by atoms with van der Waals surface area (Å²) in [5.41, 5.74) is 2.25. The van der Waals surface area contributed by atoms with Gasteiger partial charge in [-0.15, -0.1) is 11.3 Å². The van der Waals surface area contributed by atoms with Gasteiger partial charge < -0.3 is 5.32 Å². The highest BCUT2D eigenvalue weighted by Crippen LogP contribution is 2.22. The lowest BCUT2D eigenvalue weighted by Crippen LogP contribution is -2.24. The van der Waals surface area contributed by atoms with Crippen molar-refractivity contribution in [1.82, 2.24) is 20.1 Å². The van der Waals surface area contributed by atoms with Crippen molar-refractivity contribution in [2.45, 2.75) is 26.3 Å². The molecule has 5 heteroatoms. The molecule has 0 bridgehead atoms. The van der Waals surface area contributed by atoms with Crippen LogP contribution in [-0.4, -0.2) is 27.4 Å². The summed E-state index contributed by atoms with van der Waals surface area (Å²) in [7, 11) is 1.92. The first kappa shape index (κ1) is 12.3. The van der Waals surface area contributed by atoms with Gasteiger partial charge in [0.2, 0.25) is 0 Å². The second-order valence-corrected chi connectivity index (χ2v) is 5.26. The van der Waals surface area contributed by atoms with E-state index in [-0.39, 0.29) is 0 Å². The minimum absolute atomic E-state index is 0.534. The van der Waals surface area contributed by atoms with E-state index in [0.29, 0.717) is 6.04 Å². The standard InChI is InChI=1S/C12H18N4S/c1-9(2)13-5-4-11-8-17-12(15-11)10-6-14-16(3)7-10/h6-9,13H,4-5H2,1-3H3. The summed E-state index contributed by atoms with van der Waals surface area (Å²) in [4.78, 5) is 4.62. The van der Waals surface area contributed by atoms with Gasteiger partial charge in [-0.3, -0.25) is 4.68 Å². The average molecular weight is 250 g/mol. The largest absolute Gasteiger partial charge is 0.314 e. The molecule has 0 aliphatic carbocycles. The summed E-state index contributed by atoms with van der Waals surface area (Å²) in [6.45, 7) is 5.29. The Morgan fingerprint density at radius 2 is 2.29 bits per heavy atom. The van der Waals surface area contributed by atoms with Gasteiger partial charge in [-0.05, 0) is 0 Å². The van der Waals surface area contributed by atoms with Gasteiger partial charge in [0, 0.05) is 43.2 Å². The molecule has 0 fully saturated rings.